The van der Waals surface area contributed by atoms with Crippen LogP contribution in [0, 0.1) is 0 Å². The van der Waals surface area contributed by atoms with Crippen molar-refractivity contribution in [3.05, 3.63) is 58.5 Å². The van der Waals surface area contributed by atoms with E-state index in [1.807, 2.05) is 12.1 Å². The normalized spacial score (nSPS) is 15.7. The van der Waals surface area contributed by atoms with Crippen LogP contribution in [0.25, 0.3) is 0 Å². The molecule has 0 radical (unpaired) electrons. The summed E-state index contributed by atoms with van der Waals surface area (Å²) in [5.74, 6) is 1.99. The smallest absolute Gasteiger partial charge is 0.122 e. The van der Waals surface area contributed by atoms with Crippen LogP contribution < -0.4 is 0 Å². The molecule has 2 heterocycles. The first-order valence-electron chi connectivity index (χ1n) is 6.20. The zero-order valence-electron chi connectivity index (χ0n) is 10.3. The molecule has 2 aromatic rings. The van der Waals surface area contributed by atoms with Gasteiger partial charge in [-0.2, -0.15) is 0 Å². The summed E-state index contributed by atoms with van der Waals surface area (Å²) in [5.41, 5.74) is 3.81. The largest absolute Gasteiger partial charge is 0.465 e. The number of fused-ring (bicyclic) bond motifs is 1. The molecule has 0 N–H and O–H groups in total. The first kappa shape index (κ1) is 12.0. The molecule has 1 aliphatic rings. The van der Waals surface area contributed by atoms with Gasteiger partial charge in [0, 0.05) is 6.42 Å². The van der Waals surface area contributed by atoms with Gasteiger partial charge in [0.1, 0.15) is 11.5 Å². The summed E-state index contributed by atoms with van der Waals surface area (Å²) in [6.07, 6.45) is 0.928. The molecule has 3 heteroatoms. The summed E-state index contributed by atoms with van der Waals surface area (Å²) in [6, 6.07) is 10.6. The number of alkyl halides is 1. The molecule has 2 nitrogen and oxygen atoms in total. The van der Waals surface area contributed by atoms with Crippen LogP contribution in [0.3, 0.4) is 0 Å². The Labute approximate surface area is 115 Å². The number of hydrogen-bond acceptors (Lipinski definition) is 2. The van der Waals surface area contributed by atoms with E-state index in [0.29, 0.717) is 0 Å². The highest BCUT2D eigenvalue weighted by molar-refractivity contribution is 9.09. The molecule has 0 saturated carbocycles. The van der Waals surface area contributed by atoms with E-state index in [1.165, 1.54) is 16.7 Å². The molecule has 1 aliphatic heterocycles. The van der Waals surface area contributed by atoms with E-state index in [-0.39, 0.29) is 4.83 Å². The van der Waals surface area contributed by atoms with Gasteiger partial charge in [-0.1, -0.05) is 41.1 Å². The van der Waals surface area contributed by atoms with Crippen molar-refractivity contribution in [2.45, 2.75) is 31.4 Å². The third-order valence-electron chi connectivity index (χ3n) is 3.32. The number of ether oxygens (including phenoxy) is 1. The number of halogens is 1. The molecule has 0 amide bonds. The van der Waals surface area contributed by atoms with E-state index in [2.05, 4.69) is 41.1 Å². The Morgan fingerprint density at radius 2 is 2.00 bits per heavy atom. The molecule has 0 bridgehead atoms. The van der Waals surface area contributed by atoms with Gasteiger partial charge in [-0.05, 0) is 28.8 Å². The van der Waals surface area contributed by atoms with Gasteiger partial charge in [0.2, 0.25) is 0 Å². The second kappa shape index (κ2) is 4.90. The summed E-state index contributed by atoms with van der Waals surface area (Å²) >= 11 is 3.71. The van der Waals surface area contributed by atoms with Crippen LogP contribution in [-0.2, 0) is 24.4 Å². The van der Waals surface area contributed by atoms with E-state index in [4.69, 9.17) is 9.15 Å². The Morgan fingerprint density at radius 1 is 1.17 bits per heavy atom. The highest BCUT2D eigenvalue weighted by Gasteiger charge is 2.18. The molecule has 0 aliphatic carbocycles. The lowest BCUT2D eigenvalue weighted by Crippen LogP contribution is -1.93. The van der Waals surface area contributed by atoms with Crippen LogP contribution in [0.4, 0.5) is 0 Å². The summed E-state index contributed by atoms with van der Waals surface area (Å²) in [6.45, 7) is 3.56. The molecule has 1 unspecified atom stereocenters. The fourth-order valence-corrected chi connectivity index (χ4v) is 2.77. The molecular weight excluding hydrogens is 292 g/mol. The molecule has 1 aromatic heterocycles. The number of furan rings is 1. The van der Waals surface area contributed by atoms with Crippen molar-refractivity contribution < 1.29 is 9.15 Å². The van der Waals surface area contributed by atoms with E-state index >= 15 is 0 Å². The van der Waals surface area contributed by atoms with Gasteiger partial charge >= 0.3 is 0 Å². The minimum absolute atomic E-state index is 0.115. The van der Waals surface area contributed by atoms with Crippen molar-refractivity contribution in [3.8, 4) is 0 Å². The second-order valence-corrected chi connectivity index (χ2v) is 5.46. The van der Waals surface area contributed by atoms with Crippen LogP contribution in [0.1, 0.15) is 40.0 Å². The monoisotopic (exact) mass is 306 g/mol. The van der Waals surface area contributed by atoms with Gasteiger partial charge in [0.25, 0.3) is 0 Å². The molecule has 1 atom stereocenters. The Balaban J connectivity index is 1.89. The maximum atomic E-state index is 5.79. The number of hydrogen-bond donors (Lipinski definition) is 0. The lowest BCUT2D eigenvalue weighted by atomic mass is 10.0. The van der Waals surface area contributed by atoms with Crippen molar-refractivity contribution in [2.75, 3.05) is 0 Å². The number of rotatable bonds is 3. The Kier molecular flexibility index (Phi) is 3.27. The van der Waals surface area contributed by atoms with Gasteiger partial charge < -0.3 is 9.15 Å². The average Bonchev–Trinajstić information content (AvgIpc) is 3.05. The number of benzene rings is 1. The first-order valence-corrected chi connectivity index (χ1v) is 7.11. The average molecular weight is 307 g/mol. The Bertz CT molecular complexity index is 559. The first-order chi connectivity index (χ1) is 8.78. The Hall–Kier alpha value is -1.06. The summed E-state index contributed by atoms with van der Waals surface area (Å²) < 4.78 is 11.2. The van der Waals surface area contributed by atoms with Crippen LogP contribution >= 0.6 is 15.9 Å². The van der Waals surface area contributed by atoms with Crippen molar-refractivity contribution in [1.29, 1.82) is 0 Å². The van der Waals surface area contributed by atoms with Crippen LogP contribution in [0.5, 0.6) is 0 Å². The van der Waals surface area contributed by atoms with E-state index in [0.717, 1.165) is 31.2 Å². The molecule has 0 spiro atoms. The SMILES string of the molecule is CCc1ccc(C(Br)c2ccc3c(c2)COC3)o1. The Morgan fingerprint density at radius 3 is 2.78 bits per heavy atom. The zero-order valence-corrected chi connectivity index (χ0v) is 11.9. The van der Waals surface area contributed by atoms with Crippen molar-refractivity contribution in [1.82, 2.24) is 0 Å². The predicted octanol–water partition coefficient (Wildman–Crippen LogP) is 4.36. The molecular formula is C15H15BrO2. The topological polar surface area (TPSA) is 22.4 Å². The van der Waals surface area contributed by atoms with Crippen molar-refractivity contribution >= 4 is 15.9 Å². The molecule has 94 valence electrons. The maximum absolute atomic E-state index is 5.79. The fourth-order valence-electron chi connectivity index (χ4n) is 2.23. The molecule has 3 rings (SSSR count). The van der Waals surface area contributed by atoms with E-state index in [1.54, 1.807) is 0 Å². The third-order valence-corrected chi connectivity index (χ3v) is 4.30. The molecule has 0 saturated heterocycles. The molecule has 1 aromatic carbocycles. The van der Waals surface area contributed by atoms with Crippen molar-refractivity contribution in [2.24, 2.45) is 0 Å². The standard InChI is InChI=1S/C15H15BrO2/c1-2-13-5-6-14(18-13)15(16)10-3-4-11-8-17-9-12(11)7-10/h3-7,15H,2,8-9H2,1H3. The minimum Gasteiger partial charge on any atom is -0.465 e. The third kappa shape index (κ3) is 2.13. The minimum atomic E-state index is 0.115. The summed E-state index contributed by atoms with van der Waals surface area (Å²) in [4.78, 5) is 0.115. The fraction of sp³-hybridized carbons (Fsp3) is 0.333. The quantitative estimate of drug-likeness (QED) is 0.786. The lowest BCUT2D eigenvalue weighted by Gasteiger charge is -2.09. The number of aryl methyl sites for hydroxylation is 1. The van der Waals surface area contributed by atoms with E-state index in [9.17, 15) is 0 Å². The lowest BCUT2D eigenvalue weighted by molar-refractivity contribution is 0.134. The second-order valence-electron chi connectivity index (χ2n) is 4.54. The van der Waals surface area contributed by atoms with Gasteiger partial charge in [0.15, 0.2) is 0 Å². The zero-order chi connectivity index (χ0) is 12.5. The van der Waals surface area contributed by atoms with Crippen LogP contribution in [0.2, 0.25) is 0 Å². The molecule has 0 fully saturated rings. The summed E-state index contributed by atoms with van der Waals surface area (Å²) in [7, 11) is 0. The van der Waals surface area contributed by atoms with Gasteiger partial charge in [0.05, 0.1) is 18.0 Å². The van der Waals surface area contributed by atoms with E-state index < -0.39 is 0 Å². The van der Waals surface area contributed by atoms with Gasteiger partial charge in [-0.15, -0.1) is 0 Å². The summed E-state index contributed by atoms with van der Waals surface area (Å²) in [5, 5.41) is 0. The highest BCUT2D eigenvalue weighted by atomic mass is 79.9. The highest BCUT2D eigenvalue weighted by Crippen LogP contribution is 2.34. The van der Waals surface area contributed by atoms with Crippen LogP contribution in [-0.4, -0.2) is 0 Å². The molecule has 18 heavy (non-hydrogen) atoms. The van der Waals surface area contributed by atoms with Gasteiger partial charge in [-0.25, -0.2) is 0 Å². The van der Waals surface area contributed by atoms with Crippen LogP contribution in [0.15, 0.2) is 34.7 Å². The predicted molar refractivity (Wildman–Crippen MR) is 73.8 cm³/mol. The maximum Gasteiger partial charge on any atom is 0.122 e. The van der Waals surface area contributed by atoms with Crippen molar-refractivity contribution in [3.63, 3.8) is 0 Å². The van der Waals surface area contributed by atoms with Gasteiger partial charge in [-0.3, -0.25) is 0 Å².